The lowest BCUT2D eigenvalue weighted by atomic mass is 10.3. The molecule has 0 unspecified atom stereocenters. The van der Waals surface area contributed by atoms with E-state index in [1.807, 2.05) is 19.1 Å². The molecule has 0 aliphatic rings. The highest BCUT2D eigenvalue weighted by molar-refractivity contribution is 5.89. The number of hydrogen-bond acceptors (Lipinski definition) is 5. The van der Waals surface area contributed by atoms with Crippen molar-refractivity contribution >= 4 is 23.0 Å². The van der Waals surface area contributed by atoms with Crippen LogP contribution >= 0.6 is 0 Å². The van der Waals surface area contributed by atoms with E-state index in [0.29, 0.717) is 35.0 Å². The first kappa shape index (κ1) is 14.7. The summed E-state index contributed by atoms with van der Waals surface area (Å²) in [5.74, 6) is 1.81. The Balaban J connectivity index is 1.88. The number of fused-ring (bicyclic) bond motifs is 1. The first-order valence-corrected chi connectivity index (χ1v) is 7.02. The molecule has 0 bridgehead atoms. The van der Waals surface area contributed by atoms with Gasteiger partial charge in [0.05, 0.1) is 6.20 Å². The zero-order valence-corrected chi connectivity index (χ0v) is 12.5. The molecule has 7 nitrogen and oxygen atoms in total. The average Bonchev–Trinajstić information content (AvgIpc) is 2.99. The number of carbonyl (C=O) groups is 1. The van der Waals surface area contributed by atoms with Crippen LogP contribution in [0.15, 0.2) is 47.5 Å². The summed E-state index contributed by atoms with van der Waals surface area (Å²) in [6.07, 6.45) is 3.22. The van der Waals surface area contributed by atoms with Crippen LogP contribution < -0.4 is 10.6 Å². The van der Waals surface area contributed by atoms with Crippen molar-refractivity contribution in [1.29, 1.82) is 0 Å². The Morgan fingerprint density at radius 2 is 2.17 bits per heavy atom. The molecule has 7 heteroatoms. The van der Waals surface area contributed by atoms with E-state index in [-0.39, 0.29) is 6.03 Å². The topological polar surface area (TPSA) is 92.9 Å². The van der Waals surface area contributed by atoms with Crippen molar-refractivity contribution in [2.45, 2.75) is 6.92 Å². The summed E-state index contributed by atoms with van der Waals surface area (Å²) in [6, 6.07) is 6.74. The Bertz CT molecular complexity index is 872. The van der Waals surface area contributed by atoms with E-state index in [0.717, 1.165) is 5.76 Å². The molecular formula is C16H15N5O2. The van der Waals surface area contributed by atoms with Crippen molar-refractivity contribution in [2.24, 2.45) is 0 Å². The van der Waals surface area contributed by atoms with Gasteiger partial charge in [0.25, 0.3) is 0 Å². The van der Waals surface area contributed by atoms with Crippen molar-refractivity contribution in [3.63, 3.8) is 0 Å². The molecule has 2 N–H and O–H groups in total. The standard InChI is InChI=1S/C16H15N5O2/c1-3-8-17-16(22)21-14-7-5-11-15(20-14)19-12(9-18-11)13-6-4-10(2)23-13/h3-7,9H,1,8H2,2H3,(H2,17,19,20,21,22). The first-order valence-electron chi connectivity index (χ1n) is 7.02. The van der Waals surface area contributed by atoms with E-state index in [1.165, 1.54) is 0 Å². The summed E-state index contributed by atoms with van der Waals surface area (Å²) in [6.45, 7) is 5.77. The molecule has 0 aliphatic heterocycles. The van der Waals surface area contributed by atoms with Crippen LogP contribution in [0.3, 0.4) is 0 Å². The van der Waals surface area contributed by atoms with Gasteiger partial charge >= 0.3 is 6.03 Å². The van der Waals surface area contributed by atoms with Crippen LogP contribution in [0.4, 0.5) is 10.6 Å². The van der Waals surface area contributed by atoms with Gasteiger partial charge < -0.3 is 9.73 Å². The van der Waals surface area contributed by atoms with Crippen molar-refractivity contribution in [3.05, 3.63) is 48.9 Å². The third kappa shape index (κ3) is 3.34. The highest BCUT2D eigenvalue weighted by Crippen LogP contribution is 2.21. The molecular weight excluding hydrogens is 294 g/mol. The molecule has 116 valence electrons. The highest BCUT2D eigenvalue weighted by Gasteiger charge is 2.09. The van der Waals surface area contributed by atoms with Crippen LogP contribution in [0.25, 0.3) is 22.6 Å². The largest absolute Gasteiger partial charge is 0.460 e. The molecule has 0 spiro atoms. The number of nitrogens with zero attached hydrogens (tertiary/aromatic N) is 3. The van der Waals surface area contributed by atoms with Gasteiger partial charge in [-0.2, -0.15) is 0 Å². The van der Waals surface area contributed by atoms with Gasteiger partial charge in [0, 0.05) is 6.54 Å². The fourth-order valence-electron chi connectivity index (χ4n) is 1.98. The minimum Gasteiger partial charge on any atom is -0.460 e. The second kappa shape index (κ2) is 6.27. The molecule has 0 aliphatic carbocycles. The Hall–Kier alpha value is -3.22. The predicted octanol–water partition coefficient (Wildman–Crippen LogP) is 2.90. The van der Waals surface area contributed by atoms with Gasteiger partial charge in [-0.05, 0) is 31.2 Å². The van der Waals surface area contributed by atoms with Crippen LogP contribution in [0, 0.1) is 6.92 Å². The summed E-state index contributed by atoms with van der Waals surface area (Å²) < 4.78 is 5.54. The van der Waals surface area contributed by atoms with Gasteiger partial charge in [-0.25, -0.2) is 14.8 Å². The summed E-state index contributed by atoms with van der Waals surface area (Å²) in [4.78, 5) is 24.7. The van der Waals surface area contributed by atoms with E-state index in [4.69, 9.17) is 4.42 Å². The monoisotopic (exact) mass is 309 g/mol. The zero-order valence-electron chi connectivity index (χ0n) is 12.5. The van der Waals surface area contributed by atoms with Gasteiger partial charge in [0.15, 0.2) is 11.4 Å². The molecule has 3 aromatic rings. The predicted molar refractivity (Wildman–Crippen MR) is 87.0 cm³/mol. The van der Waals surface area contributed by atoms with E-state index in [2.05, 4.69) is 32.2 Å². The molecule has 23 heavy (non-hydrogen) atoms. The lowest BCUT2D eigenvalue weighted by molar-refractivity contribution is 0.253. The molecule has 0 fully saturated rings. The number of urea groups is 1. The number of carbonyl (C=O) groups excluding carboxylic acids is 1. The lowest BCUT2D eigenvalue weighted by Gasteiger charge is -2.06. The maximum atomic E-state index is 11.6. The quantitative estimate of drug-likeness (QED) is 0.723. The smallest absolute Gasteiger partial charge is 0.320 e. The van der Waals surface area contributed by atoms with Crippen LogP contribution in [-0.4, -0.2) is 27.5 Å². The Labute approximate surface area is 132 Å². The molecule has 0 saturated heterocycles. The molecule has 0 saturated carbocycles. The summed E-state index contributed by atoms with van der Waals surface area (Å²) in [5, 5.41) is 5.24. The number of aryl methyl sites for hydroxylation is 1. The number of amides is 2. The Kier molecular flexibility index (Phi) is 4.01. The van der Waals surface area contributed by atoms with Gasteiger partial charge in [-0.1, -0.05) is 6.08 Å². The maximum absolute atomic E-state index is 11.6. The second-order valence-electron chi connectivity index (χ2n) is 4.83. The van der Waals surface area contributed by atoms with Gasteiger partial charge in [-0.3, -0.25) is 10.3 Å². The van der Waals surface area contributed by atoms with Crippen LogP contribution in [-0.2, 0) is 0 Å². The number of hydrogen-bond donors (Lipinski definition) is 2. The molecule has 3 aromatic heterocycles. The second-order valence-corrected chi connectivity index (χ2v) is 4.83. The fourth-order valence-corrected chi connectivity index (χ4v) is 1.98. The molecule has 3 rings (SSSR count). The fraction of sp³-hybridized carbons (Fsp3) is 0.125. The highest BCUT2D eigenvalue weighted by atomic mass is 16.3. The Morgan fingerprint density at radius 3 is 2.91 bits per heavy atom. The van der Waals surface area contributed by atoms with E-state index < -0.39 is 0 Å². The third-order valence-corrected chi connectivity index (χ3v) is 3.05. The molecule has 0 radical (unpaired) electrons. The van der Waals surface area contributed by atoms with Crippen LogP contribution in [0.5, 0.6) is 0 Å². The van der Waals surface area contributed by atoms with Crippen molar-refractivity contribution in [2.75, 3.05) is 11.9 Å². The molecule has 2 amide bonds. The SMILES string of the molecule is C=CCNC(=O)Nc1ccc2ncc(-c3ccc(C)o3)nc2n1. The Morgan fingerprint density at radius 1 is 1.30 bits per heavy atom. The number of rotatable bonds is 4. The number of aromatic nitrogens is 3. The van der Waals surface area contributed by atoms with E-state index >= 15 is 0 Å². The van der Waals surface area contributed by atoms with Gasteiger partial charge in [0.2, 0.25) is 0 Å². The van der Waals surface area contributed by atoms with Crippen molar-refractivity contribution < 1.29 is 9.21 Å². The molecule has 0 atom stereocenters. The van der Waals surface area contributed by atoms with Crippen LogP contribution in [0.1, 0.15) is 5.76 Å². The lowest BCUT2D eigenvalue weighted by Crippen LogP contribution is -2.28. The first-order chi connectivity index (χ1) is 11.2. The minimum atomic E-state index is -0.359. The number of pyridine rings is 1. The number of nitrogens with one attached hydrogen (secondary N) is 2. The third-order valence-electron chi connectivity index (χ3n) is 3.05. The van der Waals surface area contributed by atoms with E-state index in [1.54, 1.807) is 24.4 Å². The molecule has 0 aromatic carbocycles. The zero-order chi connectivity index (χ0) is 16.2. The van der Waals surface area contributed by atoms with Crippen LogP contribution in [0.2, 0.25) is 0 Å². The van der Waals surface area contributed by atoms with E-state index in [9.17, 15) is 4.79 Å². The summed E-state index contributed by atoms with van der Waals surface area (Å²) in [7, 11) is 0. The minimum absolute atomic E-state index is 0.359. The van der Waals surface area contributed by atoms with Crippen molar-refractivity contribution in [1.82, 2.24) is 20.3 Å². The average molecular weight is 309 g/mol. The maximum Gasteiger partial charge on any atom is 0.320 e. The van der Waals surface area contributed by atoms with Crippen molar-refractivity contribution in [3.8, 4) is 11.5 Å². The molecule has 3 heterocycles. The number of anilines is 1. The van der Waals surface area contributed by atoms with Gasteiger partial charge in [-0.15, -0.1) is 6.58 Å². The number of furan rings is 1. The normalized spacial score (nSPS) is 10.5. The summed E-state index contributed by atoms with van der Waals surface area (Å²) >= 11 is 0. The summed E-state index contributed by atoms with van der Waals surface area (Å²) in [5.41, 5.74) is 1.65. The van der Waals surface area contributed by atoms with Gasteiger partial charge in [0.1, 0.15) is 22.8 Å².